The van der Waals surface area contributed by atoms with Crippen molar-refractivity contribution in [3.63, 3.8) is 0 Å². The molecule has 1 aromatic heterocycles. The number of esters is 1. The van der Waals surface area contributed by atoms with Crippen LogP contribution in [0.5, 0.6) is 0 Å². The van der Waals surface area contributed by atoms with Crippen molar-refractivity contribution in [1.29, 1.82) is 0 Å². The van der Waals surface area contributed by atoms with Gasteiger partial charge in [-0.3, -0.25) is 10.1 Å². The number of thiophene rings is 1. The van der Waals surface area contributed by atoms with Crippen LogP contribution in [-0.4, -0.2) is 19.1 Å². The summed E-state index contributed by atoms with van der Waals surface area (Å²) in [6.45, 7) is 2.93. The summed E-state index contributed by atoms with van der Waals surface area (Å²) >= 11 is 1.75. The number of carbonyl (C=O) groups excluding carboxylic acids is 1. The van der Waals surface area contributed by atoms with Gasteiger partial charge in [-0.15, -0.1) is 11.3 Å². The van der Waals surface area contributed by atoms with Gasteiger partial charge in [-0.05, 0) is 42.2 Å². The van der Waals surface area contributed by atoms with Gasteiger partial charge in [0.05, 0.1) is 7.11 Å². The van der Waals surface area contributed by atoms with E-state index in [1.165, 1.54) is 17.6 Å². The lowest BCUT2D eigenvalue weighted by molar-refractivity contribution is -0.143. The number of ether oxygens (including phenoxy) is 1. The molecule has 1 atom stereocenters. The molecule has 0 bridgehead atoms. The van der Waals surface area contributed by atoms with Gasteiger partial charge in [0.2, 0.25) is 0 Å². The molecule has 2 rings (SSSR count). The van der Waals surface area contributed by atoms with E-state index < -0.39 is 0 Å². The lowest BCUT2D eigenvalue weighted by Crippen LogP contribution is -2.39. The maximum Gasteiger partial charge on any atom is 0.323 e. The Morgan fingerprint density at radius 1 is 1.65 bits per heavy atom. The third kappa shape index (κ3) is 3.07. The molecule has 1 heterocycles. The van der Waals surface area contributed by atoms with Gasteiger partial charge in [0.15, 0.2) is 0 Å². The third-order valence-electron chi connectivity index (χ3n) is 3.25. The molecule has 1 aromatic rings. The van der Waals surface area contributed by atoms with E-state index in [2.05, 4.69) is 23.7 Å². The van der Waals surface area contributed by atoms with E-state index in [0.717, 1.165) is 25.8 Å². The summed E-state index contributed by atoms with van der Waals surface area (Å²) < 4.78 is 4.84. The Balaban J connectivity index is 1.93. The van der Waals surface area contributed by atoms with Crippen LogP contribution >= 0.6 is 11.3 Å². The maximum absolute atomic E-state index is 11.6. The first-order valence-corrected chi connectivity index (χ1v) is 7.00. The molecule has 1 saturated carbocycles. The van der Waals surface area contributed by atoms with Crippen molar-refractivity contribution >= 4 is 17.3 Å². The summed E-state index contributed by atoms with van der Waals surface area (Å²) in [6.07, 6.45) is 3.32. The lowest BCUT2D eigenvalue weighted by Gasteiger charge is -2.15. The third-order valence-corrected chi connectivity index (χ3v) is 4.21. The van der Waals surface area contributed by atoms with Gasteiger partial charge in [0.1, 0.15) is 6.04 Å². The van der Waals surface area contributed by atoms with Crippen molar-refractivity contribution < 1.29 is 9.53 Å². The summed E-state index contributed by atoms with van der Waals surface area (Å²) in [6, 6.07) is 2.04. The molecule has 0 amide bonds. The first kappa shape index (κ1) is 12.6. The average molecular weight is 253 g/mol. The summed E-state index contributed by atoms with van der Waals surface area (Å²) in [5.74, 6) is 0.356. The van der Waals surface area contributed by atoms with Crippen LogP contribution < -0.4 is 5.32 Å². The van der Waals surface area contributed by atoms with Crippen LogP contribution in [-0.2, 0) is 22.5 Å². The second-order valence-electron chi connectivity index (χ2n) is 4.44. The largest absolute Gasteiger partial charge is 0.468 e. The minimum atomic E-state index is -0.123. The minimum absolute atomic E-state index is 0.119. The second-order valence-corrected chi connectivity index (χ2v) is 5.44. The summed E-state index contributed by atoms with van der Waals surface area (Å²) in [5, 5.41) is 5.46. The van der Waals surface area contributed by atoms with Crippen molar-refractivity contribution in [3.05, 3.63) is 21.9 Å². The van der Waals surface area contributed by atoms with E-state index in [1.807, 2.05) is 0 Å². The van der Waals surface area contributed by atoms with Gasteiger partial charge in [0, 0.05) is 11.4 Å². The van der Waals surface area contributed by atoms with E-state index >= 15 is 0 Å². The lowest BCUT2D eigenvalue weighted by atomic mass is 10.1. The molecule has 17 heavy (non-hydrogen) atoms. The van der Waals surface area contributed by atoms with E-state index in [9.17, 15) is 4.79 Å². The molecule has 1 N–H and O–H groups in total. The zero-order valence-corrected chi connectivity index (χ0v) is 11.2. The maximum atomic E-state index is 11.6. The van der Waals surface area contributed by atoms with Crippen molar-refractivity contribution in [2.45, 2.75) is 38.8 Å². The molecule has 4 heteroatoms. The van der Waals surface area contributed by atoms with Gasteiger partial charge >= 0.3 is 5.97 Å². The molecular formula is C13H19NO2S. The molecule has 3 nitrogen and oxygen atoms in total. The summed E-state index contributed by atoms with van der Waals surface area (Å²) in [4.78, 5) is 13.0. The number of nitrogens with one attached hydrogen (secondary N) is 1. The van der Waals surface area contributed by atoms with Crippen molar-refractivity contribution in [2.75, 3.05) is 7.11 Å². The first-order valence-electron chi connectivity index (χ1n) is 6.12. The Kier molecular flexibility index (Phi) is 4.18. The quantitative estimate of drug-likeness (QED) is 0.791. The summed E-state index contributed by atoms with van der Waals surface area (Å²) in [5.41, 5.74) is 1.38. The van der Waals surface area contributed by atoms with Crippen molar-refractivity contribution in [2.24, 2.45) is 5.92 Å². The van der Waals surface area contributed by atoms with Crippen LogP contribution in [0.1, 0.15) is 30.2 Å². The van der Waals surface area contributed by atoms with Gasteiger partial charge in [0.25, 0.3) is 0 Å². The van der Waals surface area contributed by atoms with E-state index in [0.29, 0.717) is 5.92 Å². The highest BCUT2D eigenvalue weighted by Gasteiger charge is 2.36. The monoisotopic (exact) mass is 253 g/mol. The Hall–Kier alpha value is -0.870. The number of aryl methyl sites for hydroxylation is 1. The molecule has 0 aromatic carbocycles. The van der Waals surface area contributed by atoms with Crippen LogP contribution in [0.4, 0.5) is 0 Å². The van der Waals surface area contributed by atoms with E-state index in [4.69, 9.17) is 4.74 Å². The van der Waals surface area contributed by atoms with E-state index in [1.54, 1.807) is 11.3 Å². The van der Waals surface area contributed by atoms with Gasteiger partial charge < -0.3 is 4.74 Å². The average Bonchev–Trinajstić information content (AvgIpc) is 3.07. The fourth-order valence-electron chi connectivity index (χ4n) is 2.04. The molecule has 0 saturated heterocycles. The van der Waals surface area contributed by atoms with Crippen LogP contribution in [0.3, 0.4) is 0 Å². The van der Waals surface area contributed by atoms with E-state index in [-0.39, 0.29) is 12.0 Å². The highest BCUT2D eigenvalue weighted by Crippen LogP contribution is 2.33. The highest BCUT2D eigenvalue weighted by molar-refractivity contribution is 7.10. The molecule has 0 aliphatic heterocycles. The predicted molar refractivity (Wildman–Crippen MR) is 69.1 cm³/mol. The fourth-order valence-corrected chi connectivity index (χ4v) is 2.97. The molecule has 0 radical (unpaired) electrons. The number of methoxy groups -OCH3 is 1. The fraction of sp³-hybridized carbons (Fsp3) is 0.615. The minimum Gasteiger partial charge on any atom is -0.468 e. The van der Waals surface area contributed by atoms with Crippen molar-refractivity contribution in [3.8, 4) is 0 Å². The van der Waals surface area contributed by atoms with Crippen molar-refractivity contribution in [1.82, 2.24) is 5.32 Å². The summed E-state index contributed by atoms with van der Waals surface area (Å²) in [7, 11) is 1.46. The Morgan fingerprint density at radius 2 is 2.41 bits per heavy atom. The molecule has 0 spiro atoms. The number of hydrogen-bond donors (Lipinski definition) is 1. The van der Waals surface area contributed by atoms with Gasteiger partial charge in [-0.2, -0.15) is 0 Å². The Labute approximate surface area is 106 Å². The van der Waals surface area contributed by atoms with Crippen LogP contribution in [0, 0.1) is 5.92 Å². The molecule has 1 aliphatic carbocycles. The number of hydrogen-bond acceptors (Lipinski definition) is 4. The van der Waals surface area contributed by atoms with Crippen LogP contribution in [0.25, 0.3) is 0 Å². The van der Waals surface area contributed by atoms with Crippen LogP contribution in [0.15, 0.2) is 11.4 Å². The smallest absolute Gasteiger partial charge is 0.323 e. The zero-order chi connectivity index (χ0) is 12.3. The van der Waals surface area contributed by atoms with Gasteiger partial charge in [-0.25, -0.2) is 0 Å². The van der Waals surface area contributed by atoms with Crippen LogP contribution in [0.2, 0.25) is 0 Å². The van der Waals surface area contributed by atoms with Gasteiger partial charge in [-0.1, -0.05) is 6.92 Å². The number of carbonyl (C=O) groups is 1. The molecule has 94 valence electrons. The molecule has 1 unspecified atom stereocenters. The molecule has 1 fully saturated rings. The topological polar surface area (TPSA) is 38.3 Å². The predicted octanol–water partition coefficient (Wildman–Crippen LogP) is 2.35. The molecule has 1 aliphatic rings. The Morgan fingerprint density at radius 3 is 3.00 bits per heavy atom. The highest BCUT2D eigenvalue weighted by atomic mass is 32.1. The standard InChI is InChI=1S/C13H19NO2S/c1-3-9-6-7-17-11(9)8-14-12(10-4-5-10)13(15)16-2/h6-7,10,12,14H,3-5,8H2,1-2H3. The second kappa shape index (κ2) is 5.65. The zero-order valence-electron chi connectivity index (χ0n) is 10.4. The number of rotatable bonds is 6. The molecular weight excluding hydrogens is 234 g/mol. The first-order chi connectivity index (χ1) is 8.26. The SMILES string of the molecule is CCc1ccsc1CNC(C(=O)OC)C1CC1. The Bertz CT molecular complexity index is 385. The normalized spacial score (nSPS) is 16.8.